The standard InChI is InChI=1S/C23H31N3O7/c1-5-33-19(28)13-18(27)26-17(11-14(2)3)23(26,21(24)30)22(31)25-16(20(29)32-4)12-15-9-7-6-8-10-15/h6-10,14,16-17H,5,11-13H2,1-4H3,(H2,24,30)(H,25,31)/t16-,17?,23?,26?/m0/s1. The van der Waals surface area contributed by atoms with Crippen LogP contribution in [0.4, 0.5) is 0 Å². The van der Waals surface area contributed by atoms with Crippen molar-refractivity contribution in [2.45, 2.75) is 57.7 Å². The molecule has 2 unspecified atom stereocenters. The van der Waals surface area contributed by atoms with Gasteiger partial charge < -0.3 is 25.4 Å². The second-order valence-electron chi connectivity index (χ2n) is 8.26. The number of esters is 2. The maximum atomic E-state index is 13.4. The molecule has 0 radical (unpaired) electrons. The number of carbonyl (C=O) groups is 5. The summed E-state index contributed by atoms with van der Waals surface area (Å²) in [5.41, 5.74) is 4.38. The Balaban J connectivity index is 2.33. The highest BCUT2D eigenvalue weighted by Crippen LogP contribution is 2.45. The normalized spacial score (nSPS) is 20.0. The van der Waals surface area contributed by atoms with Gasteiger partial charge >= 0.3 is 11.9 Å². The average Bonchev–Trinajstić information content (AvgIpc) is 3.42. The van der Waals surface area contributed by atoms with Crippen LogP contribution in [0.1, 0.15) is 39.2 Å². The van der Waals surface area contributed by atoms with Crippen molar-refractivity contribution in [3.63, 3.8) is 0 Å². The molecule has 3 atom stereocenters. The molecule has 0 spiro atoms. The zero-order chi connectivity index (χ0) is 24.8. The summed E-state index contributed by atoms with van der Waals surface area (Å²) in [6.45, 7) is 5.41. The molecule has 10 heteroatoms. The number of nitrogens with two attached hydrogens (primary N) is 1. The first kappa shape index (κ1) is 25.8. The molecule has 0 aromatic heterocycles. The minimum atomic E-state index is -2.00. The molecule has 1 fully saturated rings. The number of ether oxygens (including phenoxy) is 2. The smallest absolute Gasteiger partial charge is 0.328 e. The van der Waals surface area contributed by atoms with E-state index < -0.39 is 53.7 Å². The molecule has 0 saturated carbocycles. The van der Waals surface area contributed by atoms with E-state index in [1.807, 2.05) is 19.9 Å². The zero-order valence-corrected chi connectivity index (χ0v) is 19.3. The van der Waals surface area contributed by atoms with E-state index in [4.69, 9.17) is 15.2 Å². The van der Waals surface area contributed by atoms with E-state index in [-0.39, 0.29) is 18.9 Å². The third-order valence-corrected chi connectivity index (χ3v) is 5.47. The Bertz CT molecular complexity index is 903. The molecule has 1 aromatic rings. The van der Waals surface area contributed by atoms with E-state index in [0.29, 0.717) is 6.42 Å². The van der Waals surface area contributed by atoms with E-state index >= 15 is 0 Å². The van der Waals surface area contributed by atoms with Crippen LogP contribution in [0.2, 0.25) is 0 Å². The molecule has 1 aliphatic heterocycles. The second-order valence-corrected chi connectivity index (χ2v) is 8.26. The molecule has 3 N–H and O–H groups in total. The highest BCUT2D eigenvalue weighted by molar-refractivity contribution is 6.18. The van der Waals surface area contributed by atoms with Gasteiger partial charge in [0.15, 0.2) is 0 Å². The zero-order valence-electron chi connectivity index (χ0n) is 19.3. The van der Waals surface area contributed by atoms with Crippen LogP contribution in [-0.4, -0.2) is 65.9 Å². The molecule has 0 aliphatic carbocycles. The number of methoxy groups -OCH3 is 1. The third kappa shape index (κ3) is 5.68. The summed E-state index contributed by atoms with van der Waals surface area (Å²) in [6.07, 6.45) is -0.221. The van der Waals surface area contributed by atoms with Gasteiger partial charge in [-0.25, -0.2) is 4.79 Å². The highest BCUT2D eigenvalue weighted by Gasteiger charge is 2.74. The molecular weight excluding hydrogens is 430 g/mol. The number of hydrogen-bond donors (Lipinski definition) is 2. The molecule has 1 aliphatic rings. The molecule has 2 rings (SSSR count). The molecule has 1 saturated heterocycles. The summed E-state index contributed by atoms with van der Waals surface area (Å²) < 4.78 is 9.62. The molecule has 33 heavy (non-hydrogen) atoms. The number of nitrogens with zero attached hydrogens (tertiary/aromatic N) is 1. The van der Waals surface area contributed by atoms with Gasteiger partial charge in [0.25, 0.3) is 11.8 Å². The number of amides is 3. The number of benzene rings is 1. The van der Waals surface area contributed by atoms with E-state index in [9.17, 15) is 24.0 Å². The number of nitrogens with one attached hydrogen (secondary N) is 1. The molecule has 0 bridgehead atoms. The Morgan fingerprint density at radius 2 is 1.79 bits per heavy atom. The lowest BCUT2D eigenvalue weighted by molar-refractivity contribution is -0.149. The van der Waals surface area contributed by atoms with Crippen molar-refractivity contribution < 1.29 is 33.4 Å². The lowest BCUT2D eigenvalue weighted by Gasteiger charge is -2.20. The highest BCUT2D eigenvalue weighted by atomic mass is 16.5. The summed E-state index contributed by atoms with van der Waals surface area (Å²) >= 11 is 0. The third-order valence-electron chi connectivity index (χ3n) is 5.47. The minimum absolute atomic E-state index is 0.0163. The number of primary amides is 1. The fraction of sp³-hybridized carbons (Fsp3) is 0.522. The molecule has 1 heterocycles. The van der Waals surface area contributed by atoms with Gasteiger partial charge in [0.1, 0.15) is 12.5 Å². The van der Waals surface area contributed by atoms with Gasteiger partial charge in [-0.3, -0.25) is 19.2 Å². The minimum Gasteiger partial charge on any atom is -0.467 e. The van der Waals surface area contributed by atoms with Gasteiger partial charge in [-0.2, -0.15) is 0 Å². The first-order valence-corrected chi connectivity index (χ1v) is 10.8. The van der Waals surface area contributed by atoms with E-state index in [1.54, 1.807) is 31.2 Å². The number of carbonyl (C=O) groups excluding carboxylic acids is 5. The fourth-order valence-electron chi connectivity index (χ4n) is 3.97. The van der Waals surface area contributed by atoms with Gasteiger partial charge in [-0.15, -0.1) is 0 Å². The second kappa shape index (κ2) is 10.9. The maximum absolute atomic E-state index is 13.4. The largest absolute Gasteiger partial charge is 0.467 e. The summed E-state index contributed by atoms with van der Waals surface area (Å²) in [5.74, 6) is -4.13. The topological polar surface area (TPSA) is 145 Å². The Labute approximate surface area is 192 Å². The summed E-state index contributed by atoms with van der Waals surface area (Å²) in [7, 11) is 1.18. The van der Waals surface area contributed by atoms with E-state index in [0.717, 1.165) is 10.5 Å². The van der Waals surface area contributed by atoms with E-state index in [2.05, 4.69) is 5.32 Å². The van der Waals surface area contributed by atoms with Crippen LogP contribution < -0.4 is 11.1 Å². The first-order chi connectivity index (χ1) is 15.6. The number of rotatable bonds is 11. The van der Waals surface area contributed by atoms with Gasteiger partial charge in [-0.05, 0) is 24.8 Å². The molecule has 180 valence electrons. The fourth-order valence-corrected chi connectivity index (χ4v) is 3.97. The van der Waals surface area contributed by atoms with Crippen molar-refractivity contribution in [1.29, 1.82) is 0 Å². The summed E-state index contributed by atoms with van der Waals surface area (Å²) in [5, 5.41) is 2.54. The summed E-state index contributed by atoms with van der Waals surface area (Å²) in [6, 6.07) is 6.98. The van der Waals surface area contributed by atoms with Crippen molar-refractivity contribution in [3.8, 4) is 0 Å². The van der Waals surface area contributed by atoms with Crippen LogP contribution in [0.25, 0.3) is 0 Å². The van der Waals surface area contributed by atoms with Crippen LogP contribution in [0, 0.1) is 5.92 Å². The van der Waals surface area contributed by atoms with Gasteiger partial charge in [0, 0.05) is 6.42 Å². The molecule has 10 nitrogen and oxygen atoms in total. The monoisotopic (exact) mass is 461 g/mol. The molecule has 1 aromatic carbocycles. The van der Waals surface area contributed by atoms with Gasteiger partial charge in [-0.1, -0.05) is 44.2 Å². The Morgan fingerprint density at radius 3 is 2.30 bits per heavy atom. The predicted molar refractivity (Wildman–Crippen MR) is 117 cm³/mol. The van der Waals surface area contributed by atoms with E-state index in [1.165, 1.54) is 7.11 Å². The SMILES string of the molecule is CCOC(=O)CC(=O)N1C(CC(C)C)C1(C(N)=O)C(=O)N[C@@H](Cc1ccccc1)C(=O)OC. The Morgan fingerprint density at radius 1 is 1.15 bits per heavy atom. The first-order valence-electron chi connectivity index (χ1n) is 10.8. The van der Waals surface area contributed by atoms with Crippen molar-refractivity contribution >= 4 is 29.7 Å². The van der Waals surface area contributed by atoms with Crippen molar-refractivity contribution in [3.05, 3.63) is 35.9 Å². The van der Waals surface area contributed by atoms with Crippen LogP contribution in [0.15, 0.2) is 30.3 Å². The number of hydrogen-bond acceptors (Lipinski definition) is 7. The van der Waals surface area contributed by atoms with Crippen LogP contribution >= 0.6 is 0 Å². The lowest BCUT2D eigenvalue weighted by Crippen LogP contribution is -2.55. The Kier molecular flexibility index (Phi) is 8.56. The van der Waals surface area contributed by atoms with Gasteiger partial charge in [0.2, 0.25) is 11.4 Å². The van der Waals surface area contributed by atoms with Crippen LogP contribution in [0.5, 0.6) is 0 Å². The van der Waals surface area contributed by atoms with Crippen molar-refractivity contribution in [2.24, 2.45) is 11.7 Å². The van der Waals surface area contributed by atoms with Crippen molar-refractivity contribution in [2.75, 3.05) is 13.7 Å². The van der Waals surface area contributed by atoms with Crippen molar-refractivity contribution in [1.82, 2.24) is 10.2 Å². The molecule has 3 amide bonds. The predicted octanol–water partition coefficient (Wildman–Crippen LogP) is 0.321. The van der Waals surface area contributed by atoms with Crippen LogP contribution in [0.3, 0.4) is 0 Å². The summed E-state index contributed by atoms with van der Waals surface area (Å²) in [4.78, 5) is 64.0. The average molecular weight is 462 g/mol. The quantitative estimate of drug-likeness (QED) is 0.274. The maximum Gasteiger partial charge on any atom is 0.328 e. The lowest BCUT2D eigenvalue weighted by atomic mass is 9.95. The molecular formula is C23H31N3O7. The van der Waals surface area contributed by atoms with Gasteiger partial charge in [0.05, 0.1) is 19.8 Å². The van der Waals surface area contributed by atoms with Crippen LogP contribution in [-0.2, 0) is 39.9 Å². The Hall–Kier alpha value is -3.43.